The Morgan fingerprint density at radius 2 is 1.91 bits per heavy atom. The van der Waals surface area contributed by atoms with E-state index in [1.165, 1.54) is 0 Å². The number of hydrogen-bond donors (Lipinski definition) is 1. The van der Waals surface area contributed by atoms with Crippen LogP contribution in [0.1, 0.15) is 0 Å². The summed E-state index contributed by atoms with van der Waals surface area (Å²) in [7, 11) is 0. The Morgan fingerprint density at radius 3 is 2.59 bits per heavy atom. The molecule has 6 nitrogen and oxygen atoms in total. The highest BCUT2D eigenvalue weighted by Gasteiger charge is 2.20. The summed E-state index contributed by atoms with van der Waals surface area (Å²) >= 11 is 6.03. The number of piperazine rings is 1. The summed E-state index contributed by atoms with van der Waals surface area (Å²) in [5, 5.41) is 0.674. The normalized spacial score (nSPS) is 15.0. The maximum atomic E-state index is 11.2. The lowest BCUT2D eigenvalue weighted by atomic mass is 10.1. The van der Waals surface area contributed by atoms with Gasteiger partial charge in [-0.3, -0.25) is 0 Å². The van der Waals surface area contributed by atoms with Crippen molar-refractivity contribution in [2.75, 3.05) is 31.1 Å². The molecule has 7 heteroatoms. The van der Waals surface area contributed by atoms with Crippen LogP contribution in [0.25, 0.3) is 11.3 Å². The number of carbonyl (C=O) groups excluding carboxylic acids is 1. The van der Waals surface area contributed by atoms with E-state index in [-0.39, 0.29) is 6.03 Å². The molecule has 1 aromatic carbocycles. The van der Waals surface area contributed by atoms with Crippen LogP contribution in [0.3, 0.4) is 0 Å². The molecule has 0 unspecified atom stereocenters. The number of aromatic nitrogens is 2. The molecule has 0 atom stereocenters. The van der Waals surface area contributed by atoms with Crippen LogP contribution in [0.15, 0.2) is 36.7 Å². The smallest absolute Gasteiger partial charge is 0.314 e. The molecule has 0 radical (unpaired) electrons. The van der Waals surface area contributed by atoms with Crippen molar-refractivity contribution in [3.05, 3.63) is 41.7 Å². The second kappa shape index (κ2) is 6.19. The first kappa shape index (κ1) is 14.6. The highest BCUT2D eigenvalue weighted by atomic mass is 35.5. The number of benzene rings is 1. The number of nitrogens with two attached hydrogens (primary N) is 1. The number of hydrogen-bond acceptors (Lipinski definition) is 4. The highest BCUT2D eigenvalue weighted by Crippen LogP contribution is 2.23. The van der Waals surface area contributed by atoms with Gasteiger partial charge in [-0.1, -0.05) is 23.7 Å². The molecule has 0 bridgehead atoms. The van der Waals surface area contributed by atoms with Gasteiger partial charge in [-0.25, -0.2) is 14.8 Å². The summed E-state index contributed by atoms with van der Waals surface area (Å²) in [5.41, 5.74) is 7.07. The van der Waals surface area contributed by atoms with Gasteiger partial charge in [-0.05, 0) is 12.1 Å². The summed E-state index contributed by atoms with van der Waals surface area (Å²) in [6.07, 6.45) is 1.55. The summed E-state index contributed by atoms with van der Waals surface area (Å²) in [4.78, 5) is 23.6. The Labute approximate surface area is 133 Å². The molecule has 1 aliphatic heterocycles. The molecule has 1 saturated heterocycles. The third kappa shape index (κ3) is 3.12. The molecule has 114 valence electrons. The van der Waals surface area contributed by atoms with Crippen molar-refractivity contribution in [3.8, 4) is 11.3 Å². The molecule has 2 N–H and O–H groups in total. The number of amides is 2. The molecule has 2 heterocycles. The Morgan fingerprint density at radius 1 is 1.14 bits per heavy atom. The average Bonchev–Trinajstić information content (AvgIpc) is 2.55. The van der Waals surface area contributed by atoms with Gasteiger partial charge in [-0.15, -0.1) is 0 Å². The van der Waals surface area contributed by atoms with Gasteiger partial charge >= 0.3 is 6.03 Å². The van der Waals surface area contributed by atoms with Crippen LogP contribution in [0.2, 0.25) is 5.02 Å². The van der Waals surface area contributed by atoms with Gasteiger partial charge in [-0.2, -0.15) is 0 Å². The van der Waals surface area contributed by atoms with Crippen molar-refractivity contribution >= 4 is 23.4 Å². The van der Waals surface area contributed by atoms with E-state index in [0.29, 0.717) is 31.2 Å². The summed E-state index contributed by atoms with van der Waals surface area (Å²) < 4.78 is 0. The largest absolute Gasteiger partial charge is 0.353 e. The second-order valence-electron chi connectivity index (χ2n) is 5.08. The first-order valence-electron chi connectivity index (χ1n) is 7.01. The van der Waals surface area contributed by atoms with Gasteiger partial charge in [0, 0.05) is 42.8 Å². The van der Waals surface area contributed by atoms with E-state index in [4.69, 9.17) is 17.3 Å². The predicted octanol–water partition coefficient (Wildman–Crippen LogP) is 2.00. The lowest BCUT2D eigenvalue weighted by molar-refractivity contribution is 0.204. The van der Waals surface area contributed by atoms with Crippen molar-refractivity contribution in [1.82, 2.24) is 14.9 Å². The molecule has 2 amide bonds. The minimum absolute atomic E-state index is 0.373. The first-order chi connectivity index (χ1) is 10.6. The molecule has 1 aromatic heterocycles. The monoisotopic (exact) mass is 317 g/mol. The van der Waals surface area contributed by atoms with Crippen molar-refractivity contribution < 1.29 is 4.79 Å². The van der Waals surface area contributed by atoms with E-state index < -0.39 is 0 Å². The molecule has 0 aliphatic carbocycles. The molecule has 3 rings (SSSR count). The number of nitrogens with zero attached hydrogens (tertiary/aromatic N) is 4. The summed E-state index contributed by atoms with van der Waals surface area (Å²) in [6, 6.07) is 9.12. The van der Waals surface area contributed by atoms with Crippen molar-refractivity contribution in [2.24, 2.45) is 5.73 Å². The number of anilines is 1. The van der Waals surface area contributed by atoms with Crippen molar-refractivity contribution in [1.29, 1.82) is 0 Å². The lowest BCUT2D eigenvalue weighted by Gasteiger charge is -2.34. The van der Waals surface area contributed by atoms with Crippen LogP contribution < -0.4 is 10.6 Å². The van der Waals surface area contributed by atoms with Gasteiger partial charge < -0.3 is 15.5 Å². The van der Waals surface area contributed by atoms with Gasteiger partial charge in [0.05, 0.1) is 5.69 Å². The fraction of sp³-hybridized carbons (Fsp3) is 0.267. The van der Waals surface area contributed by atoms with Crippen LogP contribution in [0.4, 0.5) is 10.6 Å². The Kier molecular flexibility index (Phi) is 4.11. The van der Waals surface area contributed by atoms with E-state index in [1.807, 2.05) is 30.3 Å². The molecule has 2 aromatic rings. The Hall–Kier alpha value is -2.34. The Bertz CT molecular complexity index is 685. The van der Waals surface area contributed by atoms with Crippen molar-refractivity contribution in [2.45, 2.75) is 0 Å². The number of urea groups is 1. The quantitative estimate of drug-likeness (QED) is 0.919. The van der Waals surface area contributed by atoms with E-state index in [9.17, 15) is 4.79 Å². The van der Waals surface area contributed by atoms with Gasteiger partial charge in [0.15, 0.2) is 0 Å². The van der Waals surface area contributed by atoms with Crippen LogP contribution in [0.5, 0.6) is 0 Å². The zero-order chi connectivity index (χ0) is 15.5. The summed E-state index contributed by atoms with van der Waals surface area (Å²) in [5.74, 6) is 0.842. The van der Waals surface area contributed by atoms with E-state index in [1.54, 1.807) is 11.2 Å². The second-order valence-corrected chi connectivity index (χ2v) is 5.52. The van der Waals surface area contributed by atoms with Gasteiger partial charge in [0.1, 0.15) is 12.1 Å². The molecular weight excluding hydrogens is 302 g/mol. The van der Waals surface area contributed by atoms with E-state index in [2.05, 4.69) is 14.9 Å². The zero-order valence-corrected chi connectivity index (χ0v) is 12.7. The molecule has 1 fully saturated rings. The molecule has 22 heavy (non-hydrogen) atoms. The van der Waals surface area contributed by atoms with Crippen LogP contribution >= 0.6 is 11.6 Å². The van der Waals surface area contributed by atoms with Crippen molar-refractivity contribution in [3.63, 3.8) is 0 Å². The maximum absolute atomic E-state index is 11.2. The van der Waals surface area contributed by atoms with Crippen LogP contribution in [0, 0.1) is 0 Å². The zero-order valence-electron chi connectivity index (χ0n) is 11.9. The highest BCUT2D eigenvalue weighted by molar-refractivity contribution is 6.30. The minimum Gasteiger partial charge on any atom is -0.353 e. The number of rotatable bonds is 2. The van der Waals surface area contributed by atoms with Crippen LogP contribution in [-0.2, 0) is 0 Å². The molecule has 0 saturated carbocycles. The topological polar surface area (TPSA) is 75.4 Å². The third-order valence-corrected chi connectivity index (χ3v) is 3.92. The average molecular weight is 318 g/mol. The third-order valence-electron chi connectivity index (χ3n) is 3.69. The van der Waals surface area contributed by atoms with Gasteiger partial charge in [0.25, 0.3) is 0 Å². The SMILES string of the molecule is NC(=O)N1CCN(c2cc(-c3cccc(Cl)c3)ncn2)CC1. The standard InChI is InChI=1S/C15H16ClN5O/c16-12-3-1-2-11(8-12)13-9-14(19-10-18-13)20-4-6-21(7-5-20)15(17)22/h1-3,8-10H,4-7H2,(H2,17,22). The first-order valence-corrected chi connectivity index (χ1v) is 7.38. The number of carbonyl (C=O) groups is 1. The number of primary amides is 1. The fourth-order valence-electron chi connectivity index (χ4n) is 2.48. The lowest BCUT2D eigenvalue weighted by Crippen LogP contribution is -2.50. The number of halogens is 1. The minimum atomic E-state index is -0.373. The van der Waals surface area contributed by atoms with Gasteiger partial charge in [0.2, 0.25) is 0 Å². The fourth-order valence-corrected chi connectivity index (χ4v) is 2.67. The summed E-state index contributed by atoms with van der Waals surface area (Å²) in [6.45, 7) is 2.61. The van der Waals surface area contributed by atoms with Crippen LogP contribution in [-0.4, -0.2) is 47.1 Å². The molecular formula is C15H16ClN5O. The predicted molar refractivity (Wildman–Crippen MR) is 85.8 cm³/mol. The Balaban J connectivity index is 1.79. The molecule has 1 aliphatic rings. The van der Waals surface area contributed by atoms with E-state index in [0.717, 1.165) is 17.1 Å². The van der Waals surface area contributed by atoms with E-state index >= 15 is 0 Å². The molecule has 0 spiro atoms. The maximum Gasteiger partial charge on any atom is 0.314 e.